The van der Waals surface area contributed by atoms with E-state index >= 15 is 0 Å². The number of fused-ring (bicyclic) bond motifs is 1. The minimum atomic E-state index is -4.58. The van der Waals surface area contributed by atoms with Gasteiger partial charge in [-0.05, 0) is 48.7 Å². The number of benzene rings is 1. The number of aliphatic imine (C=N–C) groups is 1. The molecule has 1 amide bonds. The monoisotopic (exact) mass is 518 g/mol. The summed E-state index contributed by atoms with van der Waals surface area (Å²) in [5.74, 6) is 6.18. The highest BCUT2D eigenvalue weighted by atomic mass is 19.4. The van der Waals surface area contributed by atoms with Crippen LogP contribution in [0.4, 0.5) is 24.8 Å². The number of amides is 1. The second-order valence-electron chi connectivity index (χ2n) is 8.29. The molecule has 37 heavy (non-hydrogen) atoms. The van der Waals surface area contributed by atoms with Crippen molar-refractivity contribution in [1.82, 2.24) is 20.2 Å². The van der Waals surface area contributed by atoms with Crippen molar-refractivity contribution in [1.29, 1.82) is 0 Å². The van der Waals surface area contributed by atoms with Gasteiger partial charge in [0.25, 0.3) is 5.91 Å². The van der Waals surface area contributed by atoms with E-state index in [0.29, 0.717) is 47.0 Å². The van der Waals surface area contributed by atoms with Crippen LogP contribution >= 0.6 is 0 Å². The molecule has 2 aromatic heterocycles. The number of anilines is 2. The first-order chi connectivity index (χ1) is 17.1. The van der Waals surface area contributed by atoms with Crippen molar-refractivity contribution in [2.75, 3.05) is 23.8 Å². The summed E-state index contributed by atoms with van der Waals surface area (Å²) in [5.41, 5.74) is 4.10. The normalized spacial score (nSPS) is 13.5. The van der Waals surface area contributed by atoms with E-state index in [2.05, 4.69) is 25.8 Å². The summed E-state index contributed by atoms with van der Waals surface area (Å²) in [6.07, 6.45) is -2.60. The van der Waals surface area contributed by atoms with Crippen LogP contribution in [0.25, 0.3) is 11.3 Å². The fourth-order valence-electron chi connectivity index (χ4n) is 4.39. The molecule has 6 N–H and O–H groups in total. The van der Waals surface area contributed by atoms with Gasteiger partial charge in [0.15, 0.2) is 0 Å². The third-order valence-corrected chi connectivity index (χ3v) is 6.09. The lowest BCUT2D eigenvalue weighted by atomic mass is 9.98. The summed E-state index contributed by atoms with van der Waals surface area (Å²) in [7, 11) is 3.32. The van der Waals surface area contributed by atoms with E-state index < -0.39 is 17.6 Å². The first-order valence-corrected chi connectivity index (χ1v) is 11.4. The number of halogens is 3. The van der Waals surface area contributed by atoms with Crippen molar-refractivity contribution in [3.8, 4) is 11.3 Å². The van der Waals surface area contributed by atoms with Gasteiger partial charge in [0.05, 0.1) is 29.6 Å². The van der Waals surface area contributed by atoms with E-state index in [9.17, 15) is 18.0 Å². The van der Waals surface area contributed by atoms with Gasteiger partial charge in [-0.15, -0.1) is 0 Å². The smallest absolute Gasteiger partial charge is 0.412 e. The molecule has 0 bridgehead atoms. The Bertz CT molecular complexity index is 1350. The lowest BCUT2D eigenvalue weighted by molar-refractivity contribution is -0.138. The Morgan fingerprint density at radius 2 is 1.95 bits per heavy atom. The Balaban J connectivity index is 0.00000380. The SMILES string of the molecule is CCNc1cc(-c2c(C(=NC)NN)cnn2C)cc(N2Cc3c(cc(CC)cc3C(F)(F)F)C2=O)n1.O. The van der Waals surface area contributed by atoms with Gasteiger partial charge in [-0.1, -0.05) is 6.92 Å². The largest absolute Gasteiger partial charge is 0.416 e. The van der Waals surface area contributed by atoms with Crippen molar-refractivity contribution < 1.29 is 23.4 Å². The van der Waals surface area contributed by atoms with E-state index in [0.717, 1.165) is 6.07 Å². The first kappa shape index (κ1) is 27.6. The number of carbonyl (C=O) groups is 1. The molecular formula is C24H29F3N8O2. The molecule has 0 unspecified atom stereocenters. The van der Waals surface area contributed by atoms with Crippen LogP contribution in [0.1, 0.15) is 46.5 Å². The number of hydrazine groups is 1. The molecule has 198 valence electrons. The zero-order valence-electron chi connectivity index (χ0n) is 20.9. The van der Waals surface area contributed by atoms with Gasteiger partial charge in [0.2, 0.25) is 0 Å². The molecule has 0 fully saturated rings. The summed E-state index contributed by atoms with van der Waals surface area (Å²) >= 11 is 0. The zero-order valence-corrected chi connectivity index (χ0v) is 20.9. The lowest BCUT2D eigenvalue weighted by Gasteiger charge is -2.19. The van der Waals surface area contributed by atoms with Crippen LogP contribution in [0.15, 0.2) is 35.5 Å². The molecule has 13 heteroatoms. The molecule has 3 heterocycles. The third-order valence-electron chi connectivity index (χ3n) is 6.09. The average Bonchev–Trinajstić information content (AvgIpc) is 3.38. The van der Waals surface area contributed by atoms with Gasteiger partial charge in [-0.2, -0.15) is 18.3 Å². The van der Waals surface area contributed by atoms with Gasteiger partial charge in [-0.25, -0.2) is 10.8 Å². The second-order valence-corrected chi connectivity index (χ2v) is 8.29. The van der Waals surface area contributed by atoms with Crippen molar-refractivity contribution in [2.24, 2.45) is 17.9 Å². The molecule has 0 saturated carbocycles. The number of hydrogen-bond donors (Lipinski definition) is 3. The first-order valence-electron chi connectivity index (χ1n) is 11.4. The molecule has 1 aliphatic heterocycles. The zero-order chi connectivity index (χ0) is 26.2. The molecular weight excluding hydrogens is 489 g/mol. The van der Waals surface area contributed by atoms with Gasteiger partial charge < -0.3 is 16.2 Å². The molecule has 1 aromatic carbocycles. The summed E-state index contributed by atoms with van der Waals surface area (Å²) < 4.78 is 43.2. The lowest BCUT2D eigenvalue weighted by Crippen LogP contribution is -2.31. The van der Waals surface area contributed by atoms with Crippen LogP contribution in [0.5, 0.6) is 0 Å². The molecule has 0 saturated heterocycles. The van der Waals surface area contributed by atoms with Crippen LogP contribution < -0.4 is 21.5 Å². The van der Waals surface area contributed by atoms with E-state index in [-0.39, 0.29) is 29.0 Å². The Labute approximate surface area is 211 Å². The molecule has 0 atom stereocenters. The summed E-state index contributed by atoms with van der Waals surface area (Å²) in [5, 5.41) is 7.44. The Hall–Kier alpha value is -3.97. The minimum Gasteiger partial charge on any atom is -0.412 e. The Kier molecular flexibility index (Phi) is 7.88. The predicted molar refractivity (Wildman–Crippen MR) is 135 cm³/mol. The van der Waals surface area contributed by atoms with Crippen molar-refractivity contribution >= 4 is 23.4 Å². The highest BCUT2D eigenvalue weighted by Gasteiger charge is 2.41. The maximum absolute atomic E-state index is 13.9. The molecule has 4 rings (SSSR count). The summed E-state index contributed by atoms with van der Waals surface area (Å²) in [6.45, 7) is 3.95. The molecule has 10 nitrogen and oxygen atoms in total. The van der Waals surface area contributed by atoms with E-state index in [1.807, 2.05) is 6.92 Å². The third kappa shape index (κ3) is 5.00. The summed E-state index contributed by atoms with van der Waals surface area (Å²) in [4.78, 5) is 23.3. The van der Waals surface area contributed by atoms with Crippen LogP contribution in [0, 0.1) is 0 Å². The van der Waals surface area contributed by atoms with Crippen LogP contribution in [-0.4, -0.2) is 45.6 Å². The van der Waals surface area contributed by atoms with Crippen molar-refractivity contribution in [3.05, 3.63) is 58.3 Å². The van der Waals surface area contributed by atoms with E-state index in [1.54, 1.807) is 44.0 Å². The topological polar surface area (TPSA) is 145 Å². The van der Waals surface area contributed by atoms with Gasteiger partial charge in [0.1, 0.15) is 17.5 Å². The molecule has 1 aliphatic rings. The summed E-state index contributed by atoms with van der Waals surface area (Å²) in [6, 6.07) is 6.10. The van der Waals surface area contributed by atoms with Gasteiger partial charge in [-0.3, -0.25) is 19.4 Å². The van der Waals surface area contributed by atoms with Crippen molar-refractivity contribution in [3.63, 3.8) is 0 Å². The molecule has 3 aromatic rings. The maximum atomic E-state index is 13.9. The van der Waals surface area contributed by atoms with Crippen molar-refractivity contribution in [2.45, 2.75) is 33.0 Å². The number of amidine groups is 1. The number of nitrogens with zero attached hydrogens (tertiary/aromatic N) is 5. The number of nitrogens with one attached hydrogen (secondary N) is 2. The molecule has 0 aliphatic carbocycles. The molecule has 0 spiro atoms. The second kappa shape index (κ2) is 10.6. The Morgan fingerprint density at radius 3 is 2.54 bits per heavy atom. The highest BCUT2D eigenvalue weighted by Crippen LogP contribution is 2.40. The number of rotatable bonds is 6. The molecule has 0 radical (unpaired) electrons. The number of pyridine rings is 1. The number of aryl methyl sites for hydroxylation is 2. The van der Waals surface area contributed by atoms with E-state index in [4.69, 9.17) is 5.84 Å². The maximum Gasteiger partial charge on any atom is 0.416 e. The minimum absolute atomic E-state index is 0. The predicted octanol–water partition coefficient (Wildman–Crippen LogP) is 2.67. The highest BCUT2D eigenvalue weighted by molar-refractivity contribution is 6.10. The number of alkyl halides is 3. The van der Waals surface area contributed by atoms with Crippen LogP contribution in [0.2, 0.25) is 0 Å². The van der Waals surface area contributed by atoms with Gasteiger partial charge in [0, 0.05) is 31.8 Å². The van der Waals surface area contributed by atoms with E-state index in [1.165, 1.54) is 11.0 Å². The number of hydrogen-bond acceptors (Lipinski definition) is 6. The fraction of sp³-hybridized carbons (Fsp3) is 0.333. The van der Waals surface area contributed by atoms with Crippen LogP contribution in [0.3, 0.4) is 0 Å². The number of aromatic nitrogens is 3. The number of nitrogens with two attached hydrogens (primary N) is 1. The van der Waals surface area contributed by atoms with Crippen LogP contribution in [-0.2, 0) is 26.2 Å². The number of carbonyl (C=O) groups excluding carboxylic acids is 1. The quantitative estimate of drug-likeness (QED) is 0.198. The Morgan fingerprint density at radius 1 is 1.22 bits per heavy atom. The standard InChI is InChI=1S/C24H27F3N8O.H2O/c1-5-13-7-15-17(18(8-13)24(25,26)27)12-35(23(15)36)20-10-14(9-19(32-20)30-6-2)21-16(11-31-34(21)4)22(29-3)33-28;/h7-11H,5-6,12,28H2,1-4H3,(H,29,33)(H,30,32);1H2. The van der Waals surface area contributed by atoms with Gasteiger partial charge >= 0.3 is 6.18 Å². The average molecular weight is 519 g/mol. The fourth-order valence-corrected chi connectivity index (χ4v) is 4.39.